The lowest BCUT2D eigenvalue weighted by atomic mass is 10.2. The zero-order chi connectivity index (χ0) is 17.7. The maximum atomic E-state index is 5.88. The molecule has 0 aliphatic rings. The number of nitrogens with zero attached hydrogens (tertiary/aromatic N) is 4. The van der Waals surface area contributed by atoms with Gasteiger partial charge in [0.05, 0.1) is 17.0 Å². The second-order valence-corrected chi connectivity index (χ2v) is 6.19. The molecule has 4 aromatic heterocycles. The van der Waals surface area contributed by atoms with E-state index in [1.807, 2.05) is 56.4 Å². The average Bonchev–Trinajstić information content (AvgIpc) is 3.21. The smallest absolute Gasteiger partial charge is 0.228 e. The van der Waals surface area contributed by atoms with Crippen molar-refractivity contribution in [2.45, 2.75) is 13.8 Å². The van der Waals surface area contributed by atoms with Gasteiger partial charge in [-0.2, -0.15) is 0 Å². The van der Waals surface area contributed by atoms with Crippen molar-refractivity contribution in [1.82, 2.24) is 19.9 Å². The first kappa shape index (κ1) is 14.8. The number of hydrogen-bond donors (Lipinski definition) is 0. The third kappa shape index (κ3) is 2.43. The highest BCUT2D eigenvalue weighted by Gasteiger charge is 2.13. The fraction of sp³-hybridized carbons (Fsp3) is 0.100. The van der Waals surface area contributed by atoms with Gasteiger partial charge in [-0.1, -0.05) is 6.07 Å². The summed E-state index contributed by atoms with van der Waals surface area (Å²) in [5, 5.41) is 0. The molecule has 0 saturated heterocycles. The molecular formula is C20H14N4O2. The SMILES string of the molecule is Cc1ccc(-c2ccc(-c3nc4cc5nc(C)oc5cc4o3)cn2)nc1. The molecule has 0 aliphatic carbocycles. The molecule has 126 valence electrons. The molecule has 0 unspecified atom stereocenters. The van der Waals surface area contributed by atoms with Gasteiger partial charge in [-0.3, -0.25) is 9.97 Å². The maximum Gasteiger partial charge on any atom is 0.228 e. The van der Waals surface area contributed by atoms with Crippen molar-refractivity contribution in [2.24, 2.45) is 0 Å². The Morgan fingerprint density at radius 3 is 2.19 bits per heavy atom. The number of rotatable bonds is 2. The molecule has 0 fully saturated rings. The molecular weight excluding hydrogens is 328 g/mol. The number of aryl methyl sites for hydroxylation is 2. The monoisotopic (exact) mass is 342 g/mol. The van der Waals surface area contributed by atoms with Gasteiger partial charge in [0, 0.05) is 25.4 Å². The van der Waals surface area contributed by atoms with Crippen molar-refractivity contribution in [3.05, 3.63) is 60.2 Å². The summed E-state index contributed by atoms with van der Waals surface area (Å²) < 4.78 is 11.4. The molecule has 0 atom stereocenters. The number of benzene rings is 1. The van der Waals surface area contributed by atoms with Gasteiger partial charge >= 0.3 is 0 Å². The Hall–Kier alpha value is -3.54. The van der Waals surface area contributed by atoms with Crippen molar-refractivity contribution in [1.29, 1.82) is 0 Å². The molecule has 0 amide bonds. The quantitative estimate of drug-likeness (QED) is 0.462. The van der Waals surface area contributed by atoms with Gasteiger partial charge in [-0.15, -0.1) is 0 Å². The van der Waals surface area contributed by atoms with Crippen LogP contribution in [0.4, 0.5) is 0 Å². The van der Waals surface area contributed by atoms with Crippen LogP contribution in [0.15, 0.2) is 57.6 Å². The zero-order valence-corrected chi connectivity index (χ0v) is 14.2. The van der Waals surface area contributed by atoms with E-state index >= 15 is 0 Å². The van der Waals surface area contributed by atoms with Crippen LogP contribution in [0.3, 0.4) is 0 Å². The molecule has 6 nitrogen and oxygen atoms in total. The molecule has 5 rings (SSSR count). The molecule has 0 aliphatic heterocycles. The highest BCUT2D eigenvalue weighted by molar-refractivity contribution is 5.90. The van der Waals surface area contributed by atoms with Crippen LogP contribution in [-0.4, -0.2) is 19.9 Å². The summed E-state index contributed by atoms with van der Waals surface area (Å²) in [6, 6.07) is 11.5. The van der Waals surface area contributed by atoms with E-state index in [9.17, 15) is 0 Å². The van der Waals surface area contributed by atoms with Crippen molar-refractivity contribution in [3.8, 4) is 22.8 Å². The van der Waals surface area contributed by atoms with Crippen molar-refractivity contribution >= 4 is 22.2 Å². The molecule has 0 N–H and O–H groups in total. The van der Waals surface area contributed by atoms with Crippen molar-refractivity contribution < 1.29 is 8.83 Å². The molecule has 0 radical (unpaired) electrons. The Balaban J connectivity index is 1.53. The Bertz CT molecular complexity index is 1180. The summed E-state index contributed by atoms with van der Waals surface area (Å²) in [6.45, 7) is 3.82. The van der Waals surface area contributed by atoms with E-state index in [1.165, 1.54) is 0 Å². The van der Waals surface area contributed by atoms with E-state index in [4.69, 9.17) is 8.83 Å². The van der Waals surface area contributed by atoms with Gasteiger partial charge in [0.2, 0.25) is 5.89 Å². The number of fused-ring (bicyclic) bond motifs is 2. The van der Waals surface area contributed by atoms with E-state index in [1.54, 1.807) is 6.20 Å². The molecule has 0 saturated carbocycles. The van der Waals surface area contributed by atoms with Crippen LogP contribution in [0.2, 0.25) is 0 Å². The van der Waals surface area contributed by atoms with Crippen molar-refractivity contribution in [2.75, 3.05) is 0 Å². The lowest BCUT2D eigenvalue weighted by Gasteiger charge is -2.01. The topological polar surface area (TPSA) is 77.8 Å². The molecule has 0 bridgehead atoms. The summed E-state index contributed by atoms with van der Waals surface area (Å²) in [7, 11) is 0. The second kappa shape index (κ2) is 5.49. The highest BCUT2D eigenvalue weighted by Crippen LogP contribution is 2.28. The van der Waals surface area contributed by atoms with Crippen LogP contribution >= 0.6 is 0 Å². The van der Waals surface area contributed by atoms with E-state index in [-0.39, 0.29) is 0 Å². The largest absolute Gasteiger partial charge is 0.441 e. The van der Waals surface area contributed by atoms with Gasteiger partial charge in [0.1, 0.15) is 11.0 Å². The maximum absolute atomic E-state index is 5.88. The number of aromatic nitrogens is 4. The van der Waals surface area contributed by atoms with E-state index in [0.29, 0.717) is 22.9 Å². The first-order chi connectivity index (χ1) is 12.7. The van der Waals surface area contributed by atoms with Gasteiger partial charge in [0.15, 0.2) is 17.1 Å². The lowest BCUT2D eigenvalue weighted by Crippen LogP contribution is -1.88. The van der Waals surface area contributed by atoms with Crippen LogP contribution in [0, 0.1) is 13.8 Å². The molecule has 26 heavy (non-hydrogen) atoms. The predicted molar refractivity (Wildman–Crippen MR) is 97.5 cm³/mol. The number of oxazole rings is 2. The van der Waals surface area contributed by atoms with Gasteiger partial charge in [-0.25, -0.2) is 9.97 Å². The fourth-order valence-corrected chi connectivity index (χ4v) is 2.88. The van der Waals surface area contributed by atoms with Crippen LogP contribution in [-0.2, 0) is 0 Å². The standard InChI is InChI=1S/C20H14N4O2/c1-11-3-5-14(21-9-11)15-6-4-13(10-22-15)20-24-17-7-16-18(8-19(17)26-20)25-12(2)23-16/h3-10H,1-2H3. The molecule has 1 aromatic carbocycles. The summed E-state index contributed by atoms with van der Waals surface area (Å²) >= 11 is 0. The summed E-state index contributed by atoms with van der Waals surface area (Å²) in [5.41, 5.74) is 6.43. The predicted octanol–water partition coefficient (Wildman–Crippen LogP) is 4.71. The average molecular weight is 342 g/mol. The van der Waals surface area contributed by atoms with E-state index in [0.717, 1.165) is 33.5 Å². The zero-order valence-electron chi connectivity index (χ0n) is 14.2. The second-order valence-electron chi connectivity index (χ2n) is 6.19. The Kier molecular flexibility index (Phi) is 3.12. The summed E-state index contributed by atoms with van der Waals surface area (Å²) in [4.78, 5) is 17.8. The Morgan fingerprint density at radius 1 is 0.731 bits per heavy atom. The first-order valence-corrected chi connectivity index (χ1v) is 8.23. The third-order valence-corrected chi connectivity index (χ3v) is 4.19. The van der Waals surface area contributed by atoms with E-state index < -0.39 is 0 Å². The number of hydrogen-bond acceptors (Lipinski definition) is 6. The van der Waals surface area contributed by atoms with Crippen LogP contribution in [0.5, 0.6) is 0 Å². The highest BCUT2D eigenvalue weighted by atomic mass is 16.4. The first-order valence-electron chi connectivity index (χ1n) is 8.23. The Morgan fingerprint density at radius 2 is 1.46 bits per heavy atom. The van der Waals surface area contributed by atoms with E-state index in [2.05, 4.69) is 19.9 Å². The molecule has 6 heteroatoms. The van der Waals surface area contributed by atoms with Gasteiger partial charge in [0.25, 0.3) is 0 Å². The number of pyridine rings is 2. The normalized spacial score (nSPS) is 11.5. The van der Waals surface area contributed by atoms with Gasteiger partial charge in [-0.05, 0) is 36.8 Å². The van der Waals surface area contributed by atoms with Crippen molar-refractivity contribution in [3.63, 3.8) is 0 Å². The molecule has 4 heterocycles. The fourth-order valence-electron chi connectivity index (χ4n) is 2.88. The third-order valence-electron chi connectivity index (χ3n) is 4.19. The minimum atomic E-state index is 0.514. The van der Waals surface area contributed by atoms with Crippen LogP contribution in [0.1, 0.15) is 11.5 Å². The van der Waals surface area contributed by atoms with Crippen LogP contribution < -0.4 is 0 Å². The lowest BCUT2D eigenvalue weighted by molar-refractivity contribution is 0.560. The van der Waals surface area contributed by atoms with Gasteiger partial charge < -0.3 is 8.83 Å². The molecule has 0 spiro atoms. The van der Waals surface area contributed by atoms with Crippen LogP contribution in [0.25, 0.3) is 45.0 Å². The molecule has 5 aromatic rings. The minimum Gasteiger partial charge on any atom is -0.441 e. The minimum absolute atomic E-state index is 0.514. The Labute approximate surface area is 148 Å². The summed E-state index contributed by atoms with van der Waals surface area (Å²) in [5.74, 6) is 1.14. The summed E-state index contributed by atoms with van der Waals surface area (Å²) in [6.07, 6.45) is 3.57.